The van der Waals surface area contributed by atoms with E-state index in [1.54, 1.807) is 5.57 Å². The van der Waals surface area contributed by atoms with Gasteiger partial charge in [0.25, 0.3) is 0 Å². The maximum atomic E-state index is 11.1. The van der Waals surface area contributed by atoms with Gasteiger partial charge in [0, 0.05) is 13.1 Å². The maximum Gasteiger partial charge on any atom is 0.505 e. The van der Waals surface area contributed by atoms with Crippen molar-refractivity contribution >= 4 is 6.16 Å². The van der Waals surface area contributed by atoms with Crippen molar-refractivity contribution in [2.45, 2.75) is 58.3 Å². The molecule has 5 nitrogen and oxygen atoms in total. The molecule has 1 saturated heterocycles. The molecule has 3 saturated carbocycles. The van der Waals surface area contributed by atoms with Crippen molar-refractivity contribution in [1.29, 1.82) is 0 Å². The largest absolute Gasteiger partial charge is 0.505 e. The van der Waals surface area contributed by atoms with Crippen molar-refractivity contribution in [1.82, 2.24) is 5.06 Å². The SMILES string of the molecule is C[C@]12CC[C@H]3[C@@H](CC=C4C=CCC[C@@H]43)[C@@H]1[C@H]1C[C@H]1[C@]2(CCOC(=O)O)[C@H]1CCN(O)C1. The minimum Gasteiger partial charge on any atom is -0.450 e. The Morgan fingerprint density at radius 3 is 2.90 bits per heavy atom. The van der Waals surface area contributed by atoms with Gasteiger partial charge in [0.05, 0.1) is 6.61 Å². The molecule has 6 aliphatic rings. The Morgan fingerprint density at radius 2 is 2.13 bits per heavy atom. The molecule has 1 aliphatic heterocycles. The number of fused-ring (bicyclic) bond motifs is 7. The summed E-state index contributed by atoms with van der Waals surface area (Å²) >= 11 is 0. The molecular formula is C26H37NO4. The Labute approximate surface area is 185 Å². The number of carboxylic acid groups (broad SMARTS) is 1. The van der Waals surface area contributed by atoms with Crippen LogP contribution in [0.3, 0.4) is 0 Å². The molecule has 0 aromatic carbocycles. The van der Waals surface area contributed by atoms with E-state index >= 15 is 0 Å². The first-order valence-corrected chi connectivity index (χ1v) is 12.6. The molecule has 0 aromatic rings. The van der Waals surface area contributed by atoms with Gasteiger partial charge in [-0.2, -0.15) is 5.06 Å². The lowest BCUT2D eigenvalue weighted by Crippen LogP contribution is -2.54. The third-order valence-corrected chi connectivity index (χ3v) is 10.9. The van der Waals surface area contributed by atoms with Gasteiger partial charge in [-0.05, 0) is 109 Å². The van der Waals surface area contributed by atoms with Crippen LogP contribution < -0.4 is 0 Å². The van der Waals surface area contributed by atoms with Crippen LogP contribution in [0.5, 0.6) is 0 Å². The van der Waals surface area contributed by atoms with Gasteiger partial charge in [-0.3, -0.25) is 0 Å². The monoisotopic (exact) mass is 427 g/mol. The number of nitrogens with zero attached hydrogens (tertiary/aromatic N) is 1. The number of hydrogen-bond acceptors (Lipinski definition) is 4. The van der Waals surface area contributed by atoms with Gasteiger partial charge in [0.15, 0.2) is 0 Å². The van der Waals surface area contributed by atoms with E-state index in [2.05, 4.69) is 25.2 Å². The zero-order valence-corrected chi connectivity index (χ0v) is 18.7. The first kappa shape index (κ1) is 20.3. The van der Waals surface area contributed by atoms with E-state index in [1.165, 1.54) is 43.6 Å². The smallest absolute Gasteiger partial charge is 0.450 e. The Balaban J connectivity index is 1.35. The van der Waals surface area contributed by atoms with Crippen LogP contribution in [0.2, 0.25) is 0 Å². The van der Waals surface area contributed by atoms with Crippen molar-refractivity contribution in [3.8, 4) is 0 Å². The molecule has 6 rings (SSSR count). The molecule has 31 heavy (non-hydrogen) atoms. The predicted molar refractivity (Wildman–Crippen MR) is 116 cm³/mol. The number of hydrogen-bond donors (Lipinski definition) is 2. The molecule has 0 bridgehead atoms. The van der Waals surface area contributed by atoms with E-state index in [9.17, 15) is 10.0 Å². The van der Waals surface area contributed by atoms with Crippen molar-refractivity contribution in [3.05, 3.63) is 23.8 Å². The van der Waals surface area contributed by atoms with E-state index in [1.807, 2.05) is 0 Å². The average molecular weight is 428 g/mol. The second-order valence-electron chi connectivity index (χ2n) is 11.6. The summed E-state index contributed by atoms with van der Waals surface area (Å²) < 4.78 is 5.11. The van der Waals surface area contributed by atoms with E-state index in [4.69, 9.17) is 9.84 Å². The predicted octanol–water partition coefficient (Wildman–Crippen LogP) is 5.36. The Kier molecular flexibility index (Phi) is 4.64. The minimum absolute atomic E-state index is 0.108. The van der Waals surface area contributed by atoms with Crippen LogP contribution in [-0.4, -0.2) is 41.2 Å². The van der Waals surface area contributed by atoms with Crippen LogP contribution in [0, 0.1) is 52.3 Å². The summed E-state index contributed by atoms with van der Waals surface area (Å²) in [6.45, 7) is 4.34. The second kappa shape index (κ2) is 7.08. The Hall–Kier alpha value is -1.33. The van der Waals surface area contributed by atoms with Crippen LogP contribution in [0.15, 0.2) is 23.8 Å². The Morgan fingerprint density at radius 1 is 1.26 bits per heavy atom. The molecule has 5 heteroatoms. The first-order chi connectivity index (χ1) is 15.0. The van der Waals surface area contributed by atoms with Crippen LogP contribution in [0.25, 0.3) is 0 Å². The van der Waals surface area contributed by atoms with Crippen molar-refractivity contribution in [2.24, 2.45) is 52.3 Å². The second-order valence-corrected chi connectivity index (χ2v) is 11.6. The molecule has 0 radical (unpaired) electrons. The zero-order valence-electron chi connectivity index (χ0n) is 18.7. The van der Waals surface area contributed by atoms with Crippen molar-refractivity contribution in [3.63, 3.8) is 0 Å². The molecule has 1 heterocycles. The van der Waals surface area contributed by atoms with Gasteiger partial charge < -0.3 is 15.1 Å². The third-order valence-electron chi connectivity index (χ3n) is 10.9. The molecule has 4 fully saturated rings. The van der Waals surface area contributed by atoms with Crippen molar-refractivity contribution < 1.29 is 19.8 Å². The summed E-state index contributed by atoms with van der Waals surface area (Å²) in [6.07, 6.45) is 15.7. The number of allylic oxidation sites excluding steroid dienone is 4. The fourth-order valence-electron chi connectivity index (χ4n) is 10.0. The van der Waals surface area contributed by atoms with Gasteiger partial charge in [-0.25, -0.2) is 4.79 Å². The van der Waals surface area contributed by atoms with Gasteiger partial charge in [-0.15, -0.1) is 0 Å². The number of ether oxygens (including phenoxy) is 1. The van der Waals surface area contributed by atoms with Gasteiger partial charge in [-0.1, -0.05) is 25.2 Å². The summed E-state index contributed by atoms with van der Waals surface area (Å²) in [7, 11) is 0. The quantitative estimate of drug-likeness (QED) is 0.591. The normalized spacial score (nSPS) is 50.1. The van der Waals surface area contributed by atoms with E-state index in [0.717, 1.165) is 55.5 Å². The van der Waals surface area contributed by atoms with E-state index in [0.29, 0.717) is 18.4 Å². The topological polar surface area (TPSA) is 70.0 Å². The lowest BCUT2D eigenvalue weighted by Gasteiger charge is -2.60. The highest BCUT2D eigenvalue weighted by Gasteiger charge is 2.76. The van der Waals surface area contributed by atoms with E-state index < -0.39 is 6.16 Å². The van der Waals surface area contributed by atoms with Gasteiger partial charge in [0.1, 0.15) is 0 Å². The first-order valence-electron chi connectivity index (χ1n) is 12.6. The fourth-order valence-corrected chi connectivity index (χ4v) is 10.0. The summed E-state index contributed by atoms with van der Waals surface area (Å²) in [6, 6.07) is 0. The molecule has 0 spiro atoms. The van der Waals surface area contributed by atoms with Crippen molar-refractivity contribution in [2.75, 3.05) is 19.7 Å². The summed E-state index contributed by atoms with van der Waals surface area (Å²) in [5.41, 5.74) is 1.95. The number of rotatable bonds is 4. The molecule has 0 amide bonds. The Bertz CT molecular complexity index is 822. The number of hydroxylamine groups is 2. The lowest BCUT2D eigenvalue weighted by atomic mass is 9.45. The zero-order chi connectivity index (χ0) is 21.4. The summed E-state index contributed by atoms with van der Waals surface area (Å²) in [5.74, 6) is 5.05. The fraction of sp³-hybridized carbons (Fsp3) is 0.808. The average Bonchev–Trinajstić information content (AvgIpc) is 3.35. The molecule has 0 unspecified atom stereocenters. The maximum absolute atomic E-state index is 11.1. The highest BCUT2D eigenvalue weighted by Crippen LogP contribution is 2.82. The van der Waals surface area contributed by atoms with Gasteiger partial charge >= 0.3 is 6.16 Å². The molecule has 9 atom stereocenters. The molecular weight excluding hydrogens is 390 g/mol. The van der Waals surface area contributed by atoms with Gasteiger partial charge in [0.2, 0.25) is 0 Å². The van der Waals surface area contributed by atoms with Crippen LogP contribution in [0.1, 0.15) is 58.3 Å². The molecule has 170 valence electrons. The molecule has 0 aromatic heterocycles. The standard InChI is InChI=1S/C26H37NO4/c1-25-10-8-19-18-5-3-2-4-16(18)6-7-20(19)23(25)21-14-22(21)26(25,11-13-31-24(28)29)17-9-12-27(30)15-17/h2,4,6,17-23,30H,3,5,7-15H2,1H3,(H,28,29)/t17-,18-,19+,20+,21-,22+,23+,25-,26-/m0/s1. The van der Waals surface area contributed by atoms with Crippen LogP contribution >= 0.6 is 0 Å². The summed E-state index contributed by atoms with van der Waals surface area (Å²) in [5, 5.41) is 20.9. The highest BCUT2D eigenvalue weighted by atomic mass is 16.7. The highest BCUT2D eigenvalue weighted by molar-refractivity contribution is 5.56. The van der Waals surface area contributed by atoms with E-state index in [-0.39, 0.29) is 10.8 Å². The van der Waals surface area contributed by atoms with Crippen LogP contribution in [-0.2, 0) is 4.74 Å². The lowest BCUT2D eigenvalue weighted by molar-refractivity contribution is -0.125. The molecule has 2 N–H and O–H groups in total. The van der Waals surface area contributed by atoms with Crippen LogP contribution in [0.4, 0.5) is 4.79 Å². The number of carbonyl (C=O) groups is 1. The minimum atomic E-state index is -1.16. The summed E-state index contributed by atoms with van der Waals surface area (Å²) in [4.78, 5) is 11.1. The third kappa shape index (κ3) is 2.78. The molecule has 5 aliphatic carbocycles.